The molecule has 3 aromatic rings. The number of hydrogen-bond acceptors (Lipinski definition) is 5. The van der Waals surface area contributed by atoms with Crippen molar-refractivity contribution in [2.75, 3.05) is 31.2 Å². The van der Waals surface area contributed by atoms with Gasteiger partial charge in [-0.15, -0.1) is 5.10 Å². The van der Waals surface area contributed by atoms with Crippen LogP contribution in [-0.2, 0) is 4.74 Å². The van der Waals surface area contributed by atoms with Gasteiger partial charge in [0.25, 0.3) is 5.91 Å². The number of rotatable bonds is 3. The Kier molecular flexibility index (Phi) is 5.59. The summed E-state index contributed by atoms with van der Waals surface area (Å²) >= 11 is 0. The lowest BCUT2D eigenvalue weighted by Gasteiger charge is -2.53. The van der Waals surface area contributed by atoms with Crippen molar-refractivity contribution in [3.8, 4) is 0 Å². The molecular formula is C25H31N5O2. The van der Waals surface area contributed by atoms with Crippen LogP contribution >= 0.6 is 0 Å². The van der Waals surface area contributed by atoms with Crippen molar-refractivity contribution in [2.24, 2.45) is 11.3 Å². The van der Waals surface area contributed by atoms with Crippen LogP contribution in [0.4, 0.5) is 5.69 Å². The van der Waals surface area contributed by atoms with E-state index in [1.807, 2.05) is 49.5 Å². The second-order valence-electron chi connectivity index (χ2n) is 9.65. The van der Waals surface area contributed by atoms with E-state index in [0.29, 0.717) is 5.41 Å². The van der Waals surface area contributed by atoms with Crippen molar-refractivity contribution in [3.05, 3.63) is 60.0 Å². The summed E-state index contributed by atoms with van der Waals surface area (Å²) in [6.07, 6.45) is 5.22. The van der Waals surface area contributed by atoms with Crippen molar-refractivity contribution in [3.63, 3.8) is 0 Å². The van der Waals surface area contributed by atoms with Crippen molar-refractivity contribution in [1.29, 1.82) is 0 Å². The number of aryl methyl sites for hydroxylation is 1. The van der Waals surface area contributed by atoms with E-state index in [2.05, 4.69) is 33.3 Å². The number of carbonyl (C=O) groups excluding carboxylic acids is 1. The Morgan fingerprint density at radius 3 is 2.41 bits per heavy atom. The number of hydrogen-bond donors (Lipinski definition) is 1. The number of pyridine rings is 1. The minimum absolute atomic E-state index is 0.176. The van der Waals surface area contributed by atoms with Crippen molar-refractivity contribution in [1.82, 2.24) is 19.9 Å². The van der Waals surface area contributed by atoms with E-state index in [4.69, 9.17) is 4.74 Å². The number of amides is 1. The Morgan fingerprint density at radius 2 is 1.84 bits per heavy atom. The summed E-state index contributed by atoms with van der Waals surface area (Å²) in [5.74, 6) is 0.797. The van der Waals surface area contributed by atoms with E-state index in [0.717, 1.165) is 62.0 Å². The van der Waals surface area contributed by atoms with Crippen molar-refractivity contribution < 1.29 is 9.53 Å². The fourth-order valence-electron chi connectivity index (χ4n) is 4.92. The lowest BCUT2D eigenvalue weighted by molar-refractivity contribution is -0.165. The molecule has 1 amide bonds. The van der Waals surface area contributed by atoms with Gasteiger partial charge >= 0.3 is 0 Å². The summed E-state index contributed by atoms with van der Waals surface area (Å²) in [7, 11) is 0. The molecule has 1 spiro atoms. The van der Waals surface area contributed by atoms with Gasteiger partial charge in [-0.2, -0.15) is 0 Å². The quantitative estimate of drug-likeness (QED) is 0.685. The molecule has 1 aromatic carbocycles. The van der Waals surface area contributed by atoms with Gasteiger partial charge < -0.3 is 15.0 Å². The summed E-state index contributed by atoms with van der Waals surface area (Å²) in [4.78, 5) is 19.4. The van der Waals surface area contributed by atoms with E-state index < -0.39 is 0 Å². The highest BCUT2D eigenvalue weighted by Crippen LogP contribution is 2.46. The SMILES string of the molecule is Cc1cc(N2CCC(C)C2)cn2nc(C(=O)NC3CC4(COC4)C3)nc12.c1ccccc1. The largest absolute Gasteiger partial charge is 0.380 e. The molecule has 1 atom stereocenters. The molecule has 4 heterocycles. The zero-order valence-corrected chi connectivity index (χ0v) is 18.8. The Hall–Kier alpha value is -2.93. The summed E-state index contributed by atoms with van der Waals surface area (Å²) in [5.41, 5.74) is 3.29. The molecule has 7 nitrogen and oxygen atoms in total. The molecule has 3 fully saturated rings. The first-order valence-electron chi connectivity index (χ1n) is 11.5. The molecule has 1 N–H and O–H groups in total. The van der Waals surface area contributed by atoms with Gasteiger partial charge in [0.2, 0.25) is 5.82 Å². The number of ether oxygens (including phenoxy) is 1. The average Bonchev–Trinajstić information content (AvgIpc) is 3.37. The number of nitrogens with one attached hydrogen (secondary N) is 1. The summed E-state index contributed by atoms with van der Waals surface area (Å²) < 4.78 is 7.04. The highest BCUT2D eigenvalue weighted by atomic mass is 16.5. The first-order valence-corrected chi connectivity index (χ1v) is 11.5. The molecule has 1 unspecified atom stereocenters. The second kappa shape index (κ2) is 8.54. The third kappa shape index (κ3) is 4.21. The molecular weight excluding hydrogens is 402 g/mol. The minimum Gasteiger partial charge on any atom is -0.380 e. The van der Waals surface area contributed by atoms with Gasteiger partial charge in [-0.1, -0.05) is 43.3 Å². The van der Waals surface area contributed by atoms with Gasteiger partial charge in [0.1, 0.15) is 0 Å². The molecule has 1 saturated carbocycles. The van der Waals surface area contributed by atoms with Crippen LogP contribution in [0.1, 0.15) is 42.4 Å². The molecule has 0 radical (unpaired) electrons. The van der Waals surface area contributed by atoms with Crippen LogP contribution in [0.5, 0.6) is 0 Å². The van der Waals surface area contributed by atoms with Crippen molar-refractivity contribution in [2.45, 2.75) is 39.2 Å². The number of benzene rings is 1. The molecule has 168 valence electrons. The Balaban J connectivity index is 0.000000314. The van der Waals surface area contributed by atoms with Gasteiger partial charge in [-0.25, -0.2) is 9.50 Å². The predicted molar refractivity (Wildman–Crippen MR) is 124 cm³/mol. The van der Waals surface area contributed by atoms with E-state index in [1.54, 1.807) is 4.52 Å². The molecule has 2 saturated heterocycles. The Labute approximate surface area is 188 Å². The molecule has 2 aliphatic heterocycles. The maximum absolute atomic E-state index is 12.5. The summed E-state index contributed by atoms with van der Waals surface area (Å²) in [6, 6.07) is 14.4. The van der Waals surface area contributed by atoms with Crippen LogP contribution < -0.4 is 10.2 Å². The predicted octanol–water partition coefficient (Wildman–Crippen LogP) is 3.48. The number of carbonyl (C=O) groups is 1. The summed E-state index contributed by atoms with van der Waals surface area (Å²) in [6.45, 7) is 8.12. The lowest BCUT2D eigenvalue weighted by Crippen LogP contribution is -2.59. The highest BCUT2D eigenvalue weighted by molar-refractivity contribution is 5.91. The zero-order chi connectivity index (χ0) is 22.1. The lowest BCUT2D eigenvalue weighted by atomic mass is 9.64. The Morgan fingerprint density at radius 1 is 1.16 bits per heavy atom. The fourth-order valence-corrected chi connectivity index (χ4v) is 4.92. The normalized spacial score (nSPS) is 21.6. The number of fused-ring (bicyclic) bond motifs is 1. The third-order valence-corrected chi connectivity index (χ3v) is 6.77. The van der Waals surface area contributed by atoms with Crippen LogP contribution in [0.25, 0.3) is 5.65 Å². The molecule has 7 heteroatoms. The monoisotopic (exact) mass is 433 g/mol. The maximum Gasteiger partial charge on any atom is 0.291 e. The van der Waals surface area contributed by atoms with Crippen LogP contribution in [0.3, 0.4) is 0 Å². The van der Waals surface area contributed by atoms with Crippen LogP contribution in [0.2, 0.25) is 0 Å². The first kappa shape index (κ1) is 20.9. The minimum atomic E-state index is -0.176. The van der Waals surface area contributed by atoms with E-state index in [9.17, 15) is 4.79 Å². The van der Waals surface area contributed by atoms with Crippen LogP contribution in [0.15, 0.2) is 48.7 Å². The van der Waals surface area contributed by atoms with Gasteiger partial charge in [-0.3, -0.25) is 4.79 Å². The number of aromatic nitrogens is 3. The van der Waals surface area contributed by atoms with E-state index in [-0.39, 0.29) is 17.8 Å². The van der Waals surface area contributed by atoms with E-state index >= 15 is 0 Å². The maximum atomic E-state index is 12.5. The summed E-state index contributed by atoms with van der Waals surface area (Å²) in [5, 5.41) is 7.52. The highest BCUT2D eigenvalue weighted by Gasteiger charge is 2.50. The number of nitrogens with zero attached hydrogens (tertiary/aromatic N) is 4. The zero-order valence-electron chi connectivity index (χ0n) is 18.8. The van der Waals surface area contributed by atoms with Crippen molar-refractivity contribution >= 4 is 17.2 Å². The molecule has 0 bridgehead atoms. The van der Waals surface area contributed by atoms with Gasteiger partial charge in [0.15, 0.2) is 5.65 Å². The fraction of sp³-hybridized carbons (Fsp3) is 0.480. The molecule has 3 aliphatic rings. The van der Waals surface area contributed by atoms with Gasteiger partial charge in [-0.05, 0) is 43.7 Å². The third-order valence-electron chi connectivity index (χ3n) is 6.77. The molecule has 6 rings (SSSR count). The average molecular weight is 434 g/mol. The number of anilines is 1. The Bertz CT molecular complexity index is 1060. The molecule has 1 aliphatic carbocycles. The van der Waals surface area contributed by atoms with Crippen LogP contribution in [0, 0.1) is 18.3 Å². The van der Waals surface area contributed by atoms with Crippen LogP contribution in [-0.4, -0.2) is 52.9 Å². The molecule has 32 heavy (non-hydrogen) atoms. The second-order valence-corrected chi connectivity index (χ2v) is 9.65. The van der Waals surface area contributed by atoms with E-state index in [1.165, 1.54) is 6.42 Å². The van der Waals surface area contributed by atoms with Gasteiger partial charge in [0, 0.05) is 24.5 Å². The topological polar surface area (TPSA) is 71.8 Å². The first-order chi connectivity index (χ1) is 15.5. The van der Waals surface area contributed by atoms with Gasteiger partial charge in [0.05, 0.1) is 25.1 Å². The standard InChI is InChI=1S/C19H25N5O2.C6H6/c1-12-3-4-23(8-12)15-5-13(2)17-21-16(22-24(17)9-15)18(25)20-14-6-19(7-14)10-26-11-19;1-2-4-6-5-3-1/h5,9,12,14H,3-4,6-8,10-11H2,1-2H3,(H,20,25);1-6H. The molecule has 2 aromatic heterocycles. The smallest absolute Gasteiger partial charge is 0.291 e.